The summed E-state index contributed by atoms with van der Waals surface area (Å²) in [4.78, 5) is 33.1. The molecule has 0 spiro atoms. The third-order valence-electron chi connectivity index (χ3n) is 6.92. The van der Waals surface area contributed by atoms with Crippen molar-refractivity contribution in [2.45, 2.75) is 39.5 Å². The Kier molecular flexibility index (Phi) is 5.83. The van der Waals surface area contributed by atoms with Gasteiger partial charge in [0.05, 0.1) is 19.2 Å². The maximum absolute atomic E-state index is 12.8. The highest BCUT2D eigenvalue weighted by Crippen LogP contribution is 2.45. The van der Waals surface area contributed by atoms with Gasteiger partial charge in [0.15, 0.2) is 5.13 Å². The molecule has 33 heavy (non-hydrogen) atoms. The standard InChI is InChI=1S/C26H29N3O3S/c1-15-12-21(15)25(31)29-11-10-18-14-19(6-9-22(18)29)24-16(2)33-26(28-24)27-23(30)13-17-4-7-20(32-3)8-5-17/h4-9,15,18,21H,10-14H2,1-3H3,(H,27,28,30). The Morgan fingerprint density at radius 2 is 2.00 bits per heavy atom. The molecule has 2 heterocycles. The molecule has 2 aliphatic carbocycles. The van der Waals surface area contributed by atoms with Crippen molar-refractivity contribution in [3.63, 3.8) is 0 Å². The molecule has 1 N–H and O–H groups in total. The van der Waals surface area contributed by atoms with Crippen molar-refractivity contribution in [1.82, 2.24) is 9.88 Å². The molecule has 172 valence electrons. The van der Waals surface area contributed by atoms with Crippen LogP contribution in [0, 0.1) is 24.7 Å². The minimum Gasteiger partial charge on any atom is -0.497 e. The number of aryl methyl sites for hydroxylation is 1. The first-order valence-electron chi connectivity index (χ1n) is 11.6. The van der Waals surface area contributed by atoms with E-state index in [1.807, 2.05) is 36.1 Å². The van der Waals surface area contributed by atoms with Crippen LogP contribution >= 0.6 is 11.3 Å². The molecule has 1 aliphatic heterocycles. The second kappa shape index (κ2) is 8.78. The highest BCUT2D eigenvalue weighted by Gasteiger charge is 2.45. The fourth-order valence-electron chi connectivity index (χ4n) is 4.85. The lowest BCUT2D eigenvalue weighted by Crippen LogP contribution is -2.29. The fourth-order valence-corrected chi connectivity index (χ4v) is 5.72. The van der Waals surface area contributed by atoms with E-state index >= 15 is 0 Å². The Hall–Kier alpha value is -2.93. The van der Waals surface area contributed by atoms with E-state index in [2.05, 4.69) is 24.4 Å². The van der Waals surface area contributed by atoms with Gasteiger partial charge in [-0.25, -0.2) is 4.98 Å². The summed E-state index contributed by atoms with van der Waals surface area (Å²) in [5, 5.41) is 3.58. The molecule has 2 fully saturated rings. The molecule has 2 aromatic rings. The molecule has 1 saturated carbocycles. The average molecular weight is 464 g/mol. The molecule has 3 aliphatic rings. The zero-order valence-corrected chi connectivity index (χ0v) is 20.1. The third kappa shape index (κ3) is 4.47. The van der Waals surface area contributed by atoms with E-state index in [-0.39, 0.29) is 18.2 Å². The normalized spacial score (nSPS) is 23.5. The van der Waals surface area contributed by atoms with E-state index in [1.54, 1.807) is 7.11 Å². The molecule has 2 amide bonds. The number of nitrogens with zero attached hydrogens (tertiary/aromatic N) is 2. The van der Waals surface area contributed by atoms with Gasteiger partial charge in [-0.3, -0.25) is 9.59 Å². The Morgan fingerprint density at radius 1 is 1.24 bits per heavy atom. The number of anilines is 1. The number of nitrogens with one attached hydrogen (secondary N) is 1. The number of rotatable bonds is 6. The largest absolute Gasteiger partial charge is 0.497 e. The second-order valence-corrected chi connectivity index (χ2v) is 10.5. The number of likely N-dealkylation sites (tertiary alicyclic amines) is 1. The monoisotopic (exact) mass is 463 g/mol. The summed E-state index contributed by atoms with van der Waals surface area (Å²) in [6, 6.07) is 7.50. The third-order valence-corrected chi connectivity index (χ3v) is 7.80. The molecule has 7 heteroatoms. The predicted molar refractivity (Wildman–Crippen MR) is 130 cm³/mol. The van der Waals surface area contributed by atoms with Gasteiger partial charge in [0, 0.05) is 29.0 Å². The maximum atomic E-state index is 12.8. The van der Waals surface area contributed by atoms with E-state index < -0.39 is 0 Å². The van der Waals surface area contributed by atoms with E-state index in [9.17, 15) is 9.59 Å². The lowest BCUT2D eigenvalue weighted by molar-refractivity contribution is -0.130. The first-order valence-corrected chi connectivity index (χ1v) is 12.4. The van der Waals surface area contributed by atoms with E-state index in [0.29, 0.717) is 22.9 Å². The fraction of sp³-hybridized carbons (Fsp3) is 0.423. The highest BCUT2D eigenvalue weighted by atomic mass is 32.1. The summed E-state index contributed by atoms with van der Waals surface area (Å²) in [6.07, 6.45) is 7.43. The minimum absolute atomic E-state index is 0.0838. The number of carbonyl (C=O) groups is 2. The van der Waals surface area contributed by atoms with Gasteiger partial charge in [-0.05, 0) is 61.4 Å². The number of allylic oxidation sites excluding steroid dienone is 4. The second-order valence-electron chi connectivity index (χ2n) is 9.28. The van der Waals surface area contributed by atoms with Gasteiger partial charge in [0.2, 0.25) is 11.8 Å². The number of methoxy groups -OCH3 is 1. The number of ether oxygens (including phenoxy) is 1. The van der Waals surface area contributed by atoms with Crippen LogP contribution in [0.2, 0.25) is 0 Å². The number of hydrogen-bond donors (Lipinski definition) is 1. The highest BCUT2D eigenvalue weighted by molar-refractivity contribution is 7.15. The van der Waals surface area contributed by atoms with Crippen LogP contribution in [0.1, 0.15) is 42.3 Å². The number of aromatic nitrogens is 1. The molecule has 6 nitrogen and oxygen atoms in total. The van der Waals surface area contributed by atoms with Crippen molar-refractivity contribution in [2.24, 2.45) is 17.8 Å². The molecular weight excluding hydrogens is 434 g/mol. The van der Waals surface area contributed by atoms with Gasteiger partial charge >= 0.3 is 0 Å². The van der Waals surface area contributed by atoms with Crippen molar-refractivity contribution in [2.75, 3.05) is 19.0 Å². The topological polar surface area (TPSA) is 71.5 Å². The van der Waals surface area contributed by atoms with Crippen molar-refractivity contribution < 1.29 is 14.3 Å². The van der Waals surface area contributed by atoms with Crippen LogP contribution in [0.15, 0.2) is 42.1 Å². The van der Waals surface area contributed by atoms with Crippen LogP contribution in [-0.4, -0.2) is 35.4 Å². The number of fused-ring (bicyclic) bond motifs is 1. The van der Waals surface area contributed by atoms with E-state index in [4.69, 9.17) is 9.72 Å². The molecule has 0 radical (unpaired) electrons. The number of benzene rings is 1. The Morgan fingerprint density at radius 3 is 2.70 bits per heavy atom. The molecule has 3 unspecified atom stereocenters. The Labute approximate surface area is 198 Å². The summed E-state index contributed by atoms with van der Waals surface area (Å²) in [6.45, 7) is 5.02. The Bertz CT molecular complexity index is 1150. The van der Waals surface area contributed by atoms with Crippen LogP contribution in [0.3, 0.4) is 0 Å². The van der Waals surface area contributed by atoms with Crippen LogP contribution < -0.4 is 10.1 Å². The van der Waals surface area contributed by atoms with E-state index in [1.165, 1.54) is 22.6 Å². The van der Waals surface area contributed by atoms with Gasteiger partial charge in [-0.1, -0.05) is 25.1 Å². The van der Waals surface area contributed by atoms with Crippen molar-refractivity contribution in [3.8, 4) is 5.75 Å². The van der Waals surface area contributed by atoms with Crippen LogP contribution in [0.4, 0.5) is 5.13 Å². The summed E-state index contributed by atoms with van der Waals surface area (Å²) >= 11 is 1.51. The van der Waals surface area contributed by atoms with Crippen LogP contribution in [0.5, 0.6) is 5.75 Å². The van der Waals surface area contributed by atoms with Gasteiger partial charge in [0.1, 0.15) is 5.75 Å². The average Bonchev–Trinajstić information content (AvgIpc) is 3.22. The first kappa shape index (κ1) is 21.9. The molecule has 1 saturated heterocycles. The summed E-state index contributed by atoms with van der Waals surface area (Å²) in [5.74, 6) is 2.12. The summed E-state index contributed by atoms with van der Waals surface area (Å²) < 4.78 is 5.17. The van der Waals surface area contributed by atoms with Crippen molar-refractivity contribution >= 4 is 33.9 Å². The van der Waals surface area contributed by atoms with Gasteiger partial charge in [-0.15, -0.1) is 11.3 Å². The molecule has 0 bridgehead atoms. The lowest BCUT2D eigenvalue weighted by Gasteiger charge is -2.24. The van der Waals surface area contributed by atoms with Crippen LogP contribution in [0.25, 0.3) is 5.57 Å². The predicted octanol–water partition coefficient (Wildman–Crippen LogP) is 4.82. The van der Waals surface area contributed by atoms with Crippen LogP contribution in [-0.2, 0) is 16.0 Å². The molecule has 1 aromatic carbocycles. The SMILES string of the molecule is COc1ccc(CC(=O)Nc2nc(C3=CC=C4C(CCN4C(=O)C4CC4C)C3)c(C)s2)cc1. The van der Waals surface area contributed by atoms with Crippen molar-refractivity contribution in [1.29, 1.82) is 0 Å². The lowest BCUT2D eigenvalue weighted by atomic mass is 9.89. The number of carbonyl (C=O) groups excluding carboxylic acids is 2. The Balaban J connectivity index is 1.26. The zero-order valence-electron chi connectivity index (χ0n) is 19.3. The first-order chi connectivity index (χ1) is 15.9. The molecule has 1 aromatic heterocycles. The van der Waals surface area contributed by atoms with Gasteiger partial charge < -0.3 is 15.0 Å². The number of amides is 2. The summed E-state index contributed by atoms with van der Waals surface area (Å²) in [7, 11) is 1.62. The zero-order chi connectivity index (χ0) is 23.1. The minimum atomic E-state index is -0.0838. The number of hydrogen-bond acceptors (Lipinski definition) is 5. The number of thiazole rings is 1. The van der Waals surface area contributed by atoms with Crippen molar-refractivity contribution in [3.05, 3.63) is 58.2 Å². The van der Waals surface area contributed by atoms with E-state index in [0.717, 1.165) is 47.7 Å². The smallest absolute Gasteiger partial charge is 0.230 e. The molecule has 3 atom stereocenters. The van der Waals surface area contributed by atoms with Gasteiger partial charge in [-0.2, -0.15) is 0 Å². The maximum Gasteiger partial charge on any atom is 0.230 e. The molecular formula is C26H29N3O3S. The molecule has 5 rings (SSSR count). The quantitative estimate of drug-likeness (QED) is 0.667. The summed E-state index contributed by atoms with van der Waals surface area (Å²) in [5.41, 5.74) is 4.23. The van der Waals surface area contributed by atoms with Gasteiger partial charge in [0.25, 0.3) is 0 Å².